The maximum atomic E-state index is 12.9. The molecular formula is C23H23N5O4S. The molecule has 0 unspecified atom stereocenters. The summed E-state index contributed by atoms with van der Waals surface area (Å²) in [6, 6.07) is 10.1. The van der Waals surface area contributed by atoms with E-state index in [1.807, 2.05) is 41.9 Å². The SMILES string of the molecule is O=C(CN1C(=O)N[C@H](Cc2c[nH]c3ccccc23)C1=O)N1CCN(C(=O)c2cccs2)CC1. The Kier molecular flexibility index (Phi) is 5.59. The lowest BCUT2D eigenvalue weighted by Crippen LogP contribution is -2.53. The molecule has 0 radical (unpaired) electrons. The molecule has 9 nitrogen and oxygen atoms in total. The van der Waals surface area contributed by atoms with Crippen LogP contribution in [0.1, 0.15) is 15.2 Å². The molecule has 10 heteroatoms. The normalized spacial score (nSPS) is 18.8. The number of carbonyl (C=O) groups is 4. The fourth-order valence-electron chi connectivity index (χ4n) is 4.34. The predicted molar refractivity (Wildman–Crippen MR) is 123 cm³/mol. The van der Waals surface area contributed by atoms with E-state index in [2.05, 4.69) is 10.3 Å². The van der Waals surface area contributed by atoms with Crippen molar-refractivity contribution in [1.29, 1.82) is 0 Å². The van der Waals surface area contributed by atoms with Crippen molar-refractivity contribution in [2.75, 3.05) is 32.7 Å². The molecule has 5 amide bonds. The van der Waals surface area contributed by atoms with Gasteiger partial charge >= 0.3 is 6.03 Å². The number of thiophene rings is 1. The second-order valence-corrected chi connectivity index (χ2v) is 9.09. The number of aromatic nitrogens is 1. The third kappa shape index (κ3) is 4.09. The molecule has 0 bridgehead atoms. The number of nitrogens with one attached hydrogen (secondary N) is 2. The molecule has 0 aliphatic carbocycles. The number of piperazine rings is 1. The van der Waals surface area contributed by atoms with Gasteiger partial charge in [0.2, 0.25) is 5.91 Å². The number of fused-ring (bicyclic) bond motifs is 1. The topological polar surface area (TPSA) is 106 Å². The van der Waals surface area contributed by atoms with Gasteiger partial charge in [0.25, 0.3) is 11.8 Å². The lowest BCUT2D eigenvalue weighted by atomic mass is 10.1. The number of rotatable bonds is 5. The molecule has 2 saturated heterocycles. The Bertz CT molecular complexity index is 1210. The Labute approximate surface area is 193 Å². The van der Waals surface area contributed by atoms with Crippen molar-refractivity contribution in [3.63, 3.8) is 0 Å². The molecule has 2 aliphatic rings. The molecule has 2 aliphatic heterocycles. The van der Waals surface area contributed by atoms with Crippen LogP contribution >= 0.6 is 11.3 Å². The summed E-state index contributed by atoms with van der Waals surface area (Å²) in [6.07, 6.45) is 2.19. The predicted octanol–water partition coefficient (Wildman–Crippen LogP) is 1.68. The Hall–Kier alpha value is -3.66. The number of nitrogens with zero attached hydrogens (tertiary/aromatic N) is 3. The van der Waals surface area contributed by atoms with Crippen LogP contribution in [-0.2, 0) is 16.0 Å². The van der Waals surface area contributed by atoms with Crippen LogP contribution in [0.5, 0.6) is 0 Å². The standard InChI is InChI=1S/C23H23N5O4S/c29-20(26-7-9-27(10-8-26)22(31)19-6-3-11-33-19)14-28-21(30)18(25-23(28)32)12-15-13-24-17-5-2-1-4-16(15)17/h1-6,11,13,18,24H,7-10,12,14H2,(H,25,32)/t18-/m1/s1. The first kappa shape index (κ1) is 21.2. The summed E-state index contributed by atoms with van der Waals surface area (Å²) in [6.45, 7) is 1.29. The molecule has 1 atom stereocenters. The molecule has 2 fully saturated rings. The average molecular weight is 466 g/mol. The van der Waals surface area contributed by atoms with Crippen LogP contribution in [0.15, 0.2) is 48.0 Å². The zero-order valence-corrected chi connectivity index (χ0v) is 18.6. The van der Waals surface area contributed by atoms with Gasteiger partial charge in [0.05, 0.1) is 4.88 Å². The number of urea groups is 1. The van der Waals surface area contributed by atoms with Crippen molar-refractivity contribution in [3.8, 4) is 0 Å². The fourth-order valence-corrected chi connectivity index (χ4v) is 5.03. The van der Waals surface area contributed by atoms with Crippen LogP contribution < -0.4 is 5.32 Å². The number of para-hydroxylation sites is 1. The highest BCUT2D eigenvalue weighted by molar-refractivity contribution is 7.12. The number of benzene rings is 1. The largest absolute Gasteiger partial charge is 0.361 e. The van der Waals surface area contributed by atoms with E-state index >= 15 is 0 Å². The van der Waals surface area contributed by atoms with Crippen LogP contribution in [0.25, 0.3) is 10.9 Å². The summed E-state index contributed by atoms with van der Waals surface area (Å²) in [4.78, 5) is 58.8. The summed E-state index contributed by atoms with van der Waals surface area (Å²) < 4.78 is 0. The van der Waals surface area contributed by atoms with E-state index in [1.54, 1.807) is 15.9 Å². The first-order chi connectivity index (χ1) is 16.0. The first-order valence-corrected chi connectivity index (χ1v) is 11.7. The van der Waals surface area contributed by atoms with Crippen LogP contribution in [0, 0.1) is 0 Å². The van der Waals surface area contributed by atoms with Crippen molar-refractivity contribution in [3.05, 3.63) is 58.4 Å². The number of imide groups is 1. The Morgan fingerprint density at radius 2 is 1.76 bits per heavy atom. The van der Waals surface area contributed by atoms with E-state index in [4.69, 9.17) is 0 Å². The Balaban J connectivity index is 1.17. The van der Waals surface area contributed by atoms with Gasteiger partial charge < -0.3 is 20.1 Å². The van der Waals surface area contributed by atoms with E-state index in [0.29, 0.717) is 37.5 Å². The number of H-pyrrole nitrogens is 1. The van der Waals surface area contributed by atoms with Gasteiger partial charge in [-0.2, -0.15) is 0 Å². The number of carbonyl (C=O) groups excluding carboxylic acids is 4. The Morgan fingerprint density at radius 1 is 1.00 bits per heavy atom. The van der Waals surface area contributed by atoms with Crippen LogP contribution in [0.2, 0.25) is 0 Å². The third-order valence-electron chi connectivity index (χ3n) is 6.15. The molecule has 3 aromatic rings. The zero-order valence-electron chi connectivity index (χ0n) is 17.8. The van der Waals surface area contributed by atoms with E-state index < -0.39 is 18.0 Å². The lowest BCUT2D eigenvalue weighted by molar-refractivity contribution is -0.138. The van der Waals surface area contributed by atoms with Gasteiger partial charge in [0, 0.05) is 49.7 Å². The van der Waals surface area contributed by atoms with Gasteiger partial charge in [0.1, 0.15) is 12.6 Å². The fraction of sp³-hybridized carbons (Fsp3) is 0.304. The maximum absolute atomic E-state index is 12.9. The summed E-state index contributed by atoms with van der Waals surface area (Å²) >= 11 is 1.39. The number of hydrogen-bond donors (Lipinski definition) is 2. The summed E-state index contributed by atoms with van der Waals surface area (Å²) in [7, 11) is 0. The van der Waals surface area contributed by atoms with Crippen LogP contribution in [0.3, 0.4) is 0 Å². The van der Waals surface area contributed by atoms with Crippen molar-refractivity contribution in [1.82, 2.24) is 25.0 Å². The summed E-state index contributed by atoms with van der Waals surface area (Å²) in [5.41, 5.74) is 1.90. The number of hydrogen-bond acceptors (Lipinski definition) is 5. The van der Waals surface area contributed by atoms with E-state index in [-0.39, 0.29) is 18.4 Å². The van der Waals surface area contributed by atoms with Crippen LogP contribution in [-0.4, -0.2) is 82.2 Å². The molecule has 5 rings (SSSR count). The maximum Gasteiger partial charge on any atom is 0.325 e. The molecule has 170 valence electrons. The minimum atomic E-state index is -0.704. The molecule has 0 saturated carbocycles. The monoisotopic (exact) mass is 465 g/mol. The second kappa shape index (κ2) is 8.70. The van der Waals surface area contributed by atoms with Gasteiger partial charge in [0.15, 0.2) is 0 Å². The number of aromatic amines is 1. The van der Waals surface area contributed by atoms with Crippen LogP contribution in [0.4, 0.5) is 4.79 Å². The second-order valence-electron chi connectivity index (χ2n) is 8.14. The quantitative estimate of drug-likeness (QED) is 0.559. The van der Waals surface area contributed by atoms with Crippen molar-refractivity contribution in [2.24, 2.45) is 0 Å². The Morgan fingerprint density at radius 3 is 2.52 bits per heavy atom. The minimum Gasteiger partial charge on any atom is -0.361 e. The highest BCUT2D eigenvalue weighted by Crippen LogP contribution is 2.21. The van der Waals surface area contributed by atoms with Crippen molar-refractivity contribution >= 4 is 46.0 Å². The molecular weight excluding hydrogens is 442 g/mol. The molecule has 2 N–H and O–H groups in total. The van der Waals surface area contributed by atoms with Gasteiger partial charge in [-0.25, -0.2) is 4.79 Å². The highest BCUT2D eigenvalue weighted by atomic mass is 32.1. The van der Waals surface area contributed by atoms with Gasteiger partial charge in [-0.1, -0.05) is 24.3 Å². The molecule has 1 aromatic carbocycles. The smallest absolute Gasteiger partial charge is 0.325 e. The molecule has 4 heterocycles. The average Bonchev–Trinajstić information content (AvgIpc) is 3.56. The minimum absolute atomic E-state index is 0.0358. The van der Waals surface area contributed by atoms with Gasteiger partial charge in [-0.15, -0.1) is 11.3 Å². The van der Waals surface area contributed by atoms with Gasteiger partial charge in [-0.05, 0) is 23.1 Å². The first-order valence-electron chi connectivity index (χ1n) is 10.8. The third-order valence-corrected chi connectivity index (χ3v) is 7.01. The van der Waals surface area contributed by atoms with E-state index in [1.165, 1.54) is 11.3 Å². The summed E-state index contributed by atoms with van der Waals surface area (Å²) in [5, 5.41) is 5.57. The van der Waals surface area contributed by atoms with E-state index in [0.717, 1.165) is 21.4 Å². The van der Waals surface area contributed by atoms with Gasteiger partial charge in [-0.3, -0.25) is 19.3 Å². The molecule has 0 spiro atoms. The summed E-state index contributed by atoms with van der Waals surface area (Å²) in [5.74, 6) is -0.731. The molecule has 33 heavy (non-hydrogen) atoms. The zero-order chi connectivity index (χ0) is 22.9. The highest BCUT2D eigenvalue weighted by Gasteiger charge is 2.40. The molecule has 2 aromatic heterocycles. The van der Waals surface area contributed by atoms with Crippen molar-refractivity contribution in [2.45, 2.75) is 12.5 Å². The van der Waals surface area contributed by atoms with Crippen molar-refractivity contribution < 1.29 is 19.2 Å². The number of amides is 5. The lowest BCUT2D eigenvalue weighted by Gasteiger charge is -2.35. The van der Waals surface area contributed by atoms with E-state index in [9.17, 15) is 19.2 Å².